The van der Waals surface area contributed by atoms with E-state index in [2.05, 4.69) is 0 Å². The van der Waals surface area contributed by atoms with E-state index >= 15 is 0 Å². The molecular formula is C19H26N2O4. The summed E-state index contributed by atoms with van der Waals surface area (Å²) in [5.41, 5.74) is 1.08. The Morgan fingerprint density at radius 3 is 2.56 bits per heavy atom. The Bertz CT molecular complexity index is 640. The highest BCUT2D eigenvalue weighted by molar-refractivity contribution is 5.89. The molecule has 2 aliphatic rings. The third-order valence-electron chi connectivity index (χ3n) is 5.10. The molecule has 0 aromatic heterocycles. The molecule has 25 heavy (non-hydrogen) atoms. The molecule has 0 N–H and O–H groups in total. The second kappa shape index (κ2) is 7.76. The standard InChI is InChI=1S/C19H26N2O4/c1-24-16-6-5-14(11-17(16)25-2)7-10-21-13-15(12-18(21)22)19(23)20-8-3-4-9-20/h5-6,11,15H,3-4,7-10,12-13H2,1-2H3. The molecule has 2 heterocycles. The third kappa shape index (κ3) is 3.89. The van der Waals surface area contributed by atoms with E-state index in [1.54, 1.807) is 14.2 Å². The second-order valence-electron chi connectivity index (χ2n) is 6.71. The molecule has 2 amide bonds. The fourth-order valence-corrected chi connectivity index (χ4v) is 3.65. The molecule has 2 aliphatic heterocycles. The Labute approximate surface area is 148 Å². The first kappa shape index (κ1) is 17.6. The third-order valence-corrected chi connectivity index (χ3v) is 5.10. The lowest BCUT2D eigenvalue weighted by Gasteiger charge is -2.20. The van der Waals surface area contributed by atoms with Gasteiger partial charge in [0.05, 0.1) is 20.1 Å². The van der Waals surface area contributed by atoms with Gasteiger partial charge >= 0.3 is 0 Å². The molecular weight excluding hydrogens is 320 g/mol. The first-order valence-corrected chi connectivity index (χ1v) is 8.90. The fourth-order valence-electron chi connectivity index (χ4n) is 3.65. The summed E-state index contributed by atoms with van der Waals surface area (Å²) in [4.78, 5) is 28.5. The van der Waals surface area contributed by atoms with Crippen molar-refractivity contribution in [3.63, 3.8) is 0 Å². The number of likely N-dealkylation sites (tertiary alicyclic amines) is 2. The van der Waals surface area contributed by atoms with Gasteiger partial charge in [0.25, 0.3) is 0 Å². The quantitative estimate of drug-likeness (QED) is 0.787. The van der Waals surface area contributed by atoms with Crippen LogP contribution in [0.15, 0.2) is 18.2 Å². The summed E-state index contributed by atoms with van der Waals surface area (Å²) in [6.07, 6.45) is 3.24. The fraction of sp³-hybridized carbons (Fsp3) is 0.579. The maximum atomic E-state index is 12.5. The van der Waals surface area contributed by atoms with Gasteiger partial charge in [0.1, 0.15) is 0 Å². The molecule has 0 radical (unpaired) electrons. The van der Waals surface area contributed by atoms with Crippen molar-refractivity contribution < 1.29 is 19.1 Å². The lowest BCUT2D eigenvalue weighted by Crippen LogP contribution is -2.35. The zero-order valence-electron chi connectivity index (χ0n) is 15.0. The van der Waals surface area contributed by atoms with Gasteiger partial charge in [0.2, 0.25) is 11.8 Å². The van der Waals surface area contributed by atoms with Crippen molar-refractivity contribution in [2.45, 2.75) is 25.7 Å². The van der Waals surface area contributed by atoms with Crippen molar-refractivity contribution in [2.24, 2.45) is 5.92 Å². The van der Waals surface area contributed by atoms with Crippen molar-refractivity contribution >= 4 is 11.8 Å². The number of amides is 2. The number of hydrogen-bond acceptors (Lipinski definition) is 4. The lowest BCUT2D eigenvalue weighted by molar-refractivity contribution is -0.134. The van der Waals surface area contributed by atoms with Crippen LogP contribution in [-0.4, -0.2) is 62.0 Å². The Kier molecular flexibility index (Phi) is 5.46. The van der Waals surface area contributed by atoms with Gasteiger partial charge in [-0.25, -0.2) is 0 Å². The van der Waals surface area contributed by atoms with Gasteiger partial charge in [0.15, 0.2) is 11.5 Å². The van der Waals surface area contributed by atoms with Crippen LogP contribution in [-0.2, 0) is 16.0 Å². The first-order chi connectivity index (χ1) is 12.1. The molecule has 6 heteroatoms. The van der Waals surface area contributed by atoms with Gasteiger partial charge in [-0.3, -0.25) is 9.59 Å². The van der Waals surface area contributed by atoms with Gasteiger partial charge in [-0.05, 0) is 37.0 Å². The van der Waals surface area contributed by atoms with Crippen LogP contribution in [0.2, 0.25) is 0 Å². The van der Waals surface area contributed by atoms with E-state index in [0.717, 1.165) is 37.9 Å². The summed E-state index contributed by atoms with van der Waals surface area (Å²) in [7, 11) is 3.22. The zero-order chi connectivity index (χ0) is 17.8. The van der Waals surface area contributed by atoms with Crippen molar-refractivity contribution in [1.82, 2.24) is 9.80 Å². The number of methoxy groups -OCH3 is 2. The molecule has 2 fully saturated rings. The van der Waals surface area contributed by atoms with Crippen molar-refractivity contribution in [2.75, 3.05) is 40.4 Å². The zero-order valence-corrected chi connectivity index (χ0v) is 15.0. The topological polar surface area (TPSA) is 59.1 Å². The summed E-state index contributed by atoms with van der Waals surface area (Å²) < 4.78 is 10.6. The monoisotopic (exact) mass is 346 g/mol. The van der Waals surface area contributed by atoms with Gasteiger partial charge < -0.3 is 19.3 Å². The van der Waals surface area contributed by atoms with Gasteiger partial charge in [-0.15, -0.1) is 0 Å². The second-order valence-corrected chi connectivity index (χ2v) is 6.71. The van der Waals surface area contributed by atoms with E-state index in [-0.39, 0.29) is 17.7 Å². The summed E-state index contributed by atoms with van der Waals surface area (Å²) >= 11 is 0. The van der Waals surface area contributed by atoms with Crippen molar-refractivity contribution in [3.8, 4) is 11.5 Å². The van der Waals surface area contributed by atoms with Crippen molar-refractivity contribution in [3.05, 3.63) is 23.8 Å². The normalized spacial score (nSPS) is 20.2. The van der Waals surface area contributed by atoms with E-state index in [1.807, 2.05) is 28.0 Å². The first-order valence-electron chi connectivity index (χ1n) is 8.90. The number of carbonyl (C=O) groups is 2. The average molecular weight is 346 g/mol. The van der Waals surface area contributed by atoms with Gasteiger partial charge in [-0.2, -0.15) is 0 Å². The predicted molar refractivity (Wildman–Crippen MR) is 93.8 cm³/mol. The van der Waals surface area contributed by atoms with E-state index in [4.69, 9.17) is 9.47 Å². The molecule has 6 nitrogen and oxygen atoms in total. The number of carbonyl (C=O) groups excluding carboxylic acids is 2. The van der Waals surface area contributed by atoms with Gasteiger partial charge in [-0.1, -0.05) is 6.07 Å². The minimum atomic E-state index is -0.170. The lowest BCUT2D eigenvalue weighted by atomic mass is 10.1. The number of hydrogen-bond donors (Lipinski definition) is 0. The molecule has 1 aromatic carbocycles. The predicted octanol–water partition coefficient (Wildman–Crippen LogP) is 1.72. The Morgan fingerprint density at radius 1 is 1.16 bits per heavy atom. The smallest absolute Gasteiger partial charge is 0.227 e. The van der Waals surface area contributed by atoms with Crippen molar-refractivity contribution in [1.29, 1.82) is 0 Å². The molecule has 0 spiro atoms. The van der Waals surface area contributed by atoms with Crippen LogP contribution >= 0.6 is 0 Å². The van der Waals surface area contributed by atoms with Crippen LogP contribution in [0.5, 0.6) is 11.5 Å². The highest BCUT2D eigenvalue weighted by Crippen LogP contribution is 2.28. The van der Waals surface area contributed by atoms with Gasteiger partial charge in [0, 0.05) is 32.6 Å². The number of rotatable bonds is 6. The van der Waals surface area contributed by atoms with Crippen LogP contribution in [0.4, 0.5) is 0 Å². The molecule has 0 aliphatic carbocycles. The van der Waals surface area contributed by atoms with Crippen LogP contribution in [0.1, 0.15) is 24.8 Å². The number of nitrogens with zero attached hydrogens (tertiary/aromatic N) is 2. The minimum Gasteiger partial charge on any atom is -0.493 e. The summed E-state index contributed by atoms with van der Waals surface area (Å²) in [6.45, 7) is 2.85. The Hall–Kier alpha value is -2.24. The largest absolute Gasteiger partial charge is 0.493 e. The number of benzene rings is 1. The molecule has 0 saturated carbocycles. The molecule has 1 unspecified atom stereocenters. The molecule has 2 saturated heterocycles. The van der Waals surface area contributed by atoms with E-state index in [0.29, 0.717) is 31.0 Å². The summed E-state index contributed by atoms with van der Waals surface area (Å²) in [5, 5.41) is 0. The molecule has 136 valence electrons. The highest BCUT2D eigenvalue weighted by atomic mass is 16.5. The Balaban J connectivity index is 1.56. The highest BCUT2D eigenvalue weighted by Gasteiger charge is 2.36. The average Bonchev–Trinajstić information content (AvgIpc) is 3.29. The number of ether oxygens (including phenoxy) is 2. The molecule has 3 rings (SSSR count). The van der Waals surface area contributed by atoms with Crippen LogP contribution in [0.25, 0.3) is 0 Å². The molecule has 1 atom stereocenters. The Morgan fingerprint density at radius 2 is 1.88 bits per heavy atom. The van der Waals surface area contributed by atoms with E-state index in [9.17, 15) is 9.59 Å². The summed E-state index contributed by atoms with van der Waals surface area (Å²) in [5.74, 6) is 1.45. The van der Waals surface area contributed by atoms with Crippen LogP contribution in [0.3, 0.4) is 0 Å². The SMILES string of the molecule is COc1ccc(CCN2CC(C(=O)N3CCCC3)CC2=O)cc1OC. The van der Waals surface area contributed by atoms with E-state index in [1.165, 1.54) is 0 Å². The van der Waals surface area contributed by atoms with E-state index < -0.39 is 0 Å². The maximum absolute atomic E-state index is 12.5. The van der Waals surface area contributed by atoms with Crippen LogP contribution < -0.4 is 9.47 Å². The molecule has 1 aromatic rings. The van der Waals surface area contributed by atoms with Crippen LogP contribution in [0, 0.1) is 5.92 Å². The minimum absolute atomic E-state index is 0.0815. The molecule has 0 bridgehead atoms. The maximum Gasteiger partial charge on any atom is 0.227 e. The summed E-state index contributed by atoms with van der Waals surface area (Å²) in [6, 6.07) is 5.79.